The lowest BCUT2D eigenvalue weighted by molar-refractivity contribution is -0.119. The van der Waals surface area contributed by atoms with E-state index < -0.39 is 0 Å². The van der Waals surface area contributed by atoms with E-state index in [0.29, 0.717) is 34.6 Å². The van der Waals surface area contributed by atoms with Crippen molar-refractivity contribution in [2.45, 2.75) is 6.42 Å². The Labute approximate surface area is 154 Å². The number of Topliss-reactive ketones (excluding diaryl/α,β-unsaturated/α-hetero) is 1. The number of hydrogen-bond donors (Lipinski definition) is 0. The van der Waals surface area contributed by atoms with E-state index in [9.17, 15) is 9.59 Å². The third-order valence-electron chi connectivity index (χ3n) is 3.43. The first-order chi connectivity index (χ1) is 12.1. The Morgan fingerprint density at radius 3 is 2.40 bits per heavy atom. The number of carbonyl (C=O) groups excluding carboxylic acids is 2. The minimum atomic E-state index is -0.118. The lowest BCUT2D eigenvalue weighted by Gasteiger charge is -2.09. The first-order valence-corrected chi connectivity index (χ1v) is 8.87. The fraction of sp³-hybridized carbons (Fsp3) is 0.158. The van der Waals surface area contributed by atoms with Gasteiger partial charge in [0.25, 0.3) is 0 Å². The van der Waals surface area contributed by atoms with Gasteiger partial charge in [0.2, 0.25) is 5.12 Å². The molecule has 0 atom stereocenters. The highest BCUT2D eigenvalue weighted by Crippen LogP contribution is 2.30. The SMILES string of the molecule is O=C1CC(=O)/C(=C\c2ccc(OCCOc3ccccc3Cl)cc2)S1. The molecule has 1 saturated heterocycles. The van der Waals surface area contributed by atoms with Crippen LogP contribution in [-0.2, 0) is 9.59 Å². The molecule has 0 N–H and O–H groups in total. The van der Waals surface area contributed by atoms with Crippen molar-refractivity contribution in [2.24, 2.45) is 0 Å². The fourth-order valence-electron chi connectivity index (χ4n) is 2.23. The molecule has 2 aromatic rings. The Bertz CT molecular complexity index is 814. The van der Waals surface area contributed by atoms with Crippen molar-refractivity contribution in [3.8, 4) is 11.5 Å². The van der Waals surface area contributed by atoms with Crippen LogP contribution in [0.5, 0.6) is 11.5 Å². The summed E-state index contributed by atoms with van der Waals surface area (Å²) in [5.74, 6) is 1.21. The molecule has 1 aliphatic heterocycles. The van der Waals surface area contributed by atoms with E-state index >= 15 is 0 Å². The summed E-state index contributed by atoms with van der Waals surface area (Å²) in [4.78, 5) is 23.3. The molecule has 1 heterocycles. The van der Waals surface area contributed by atoms with Gasteiger partial charge in [0.15, 0.2) is 5.78 Å². The highest BCUT2D eigenvalue weighted by Gasteiger charge is 2.25. The van der Waals surface area contributed by atoms with E-state index in [1.54, 1.807) is 18.2 Å². The molecule has 0 aliphatic carbocycles. The van der Waals surface area contributed by atoms with Crippen LogP contribution < -0.4 is 9.47 Å². The number of benzene rings is 2. The normalized spacial score (nSPS) is 15.6. The zero-order chi connectivity index (χ0) is 17.6. The molecule has 0 spiro atoms. The van der Waals surface area contributed by atoms with Crippen LogP contribution in [0.1, 0.15) is 12.0 Å². The van der Waals surface area contributed by atoms with Crippen LogP contribution in [0.2, 0.25) is 5.02 Å². The number of thioether (sulfide) groups is 1. The lowest BCUT2D eigenvalue weighted by atomic mass is 10.1. The van der Waals surface area contributed by atoms with Crippen molar-refractivity contribution in [3.05, 3.63) is 64.0 Å². The summed E-state index contributed by atoms with van der Waals surface area (Å²) in [5, 5.41) is 0.465. The third kappa shape index (κ3) is 4.87. The van der Waals surface area contributed by atoms with Gasteiger partial charge in [0, 0.05) is 0 Å². The van der Waals surface area contributed by atoms with Gasteiger partial charge in [-0.15, -0.1) is 0 Å². The van der Waals surface area contributed by atoms with Crippen molar-refractivity contribution in [1.82, 2.24) is 0 Å². The molecule has 6 heteroatoms. The van der Waals surface area contributed by atoms with E-state index in [-0.39, 0.29) is 17.3 Å². The van der Waals surface area contributed by atoms with Crippen LogP contribution in [0.15, 0.2) is 53.4 Å². The Balaban J connectivity index is 1.50. The van der Waals surface area contributed by atoms with Crippen LogP contribution in [0.4, 0.5) is 0 Å². The molecule has 0 saturated carbocycles. The first-order valence-electron chi connectivity index (χ1n) is 7.67. The topological polar surface area (TPSA) is 52.6 Å². The van der Waals surface area contributed by atoms with Crippen LogP contribution in [0.25, 0.3) is 6.08 Å². The second kappa shape index (κ2) is 8.23. The molecule has 2 aromatic carbocycles. The zero-order valence-corrected chi connectivity index (χ0v) is 14.8. The van der Waals surface area contributed by atoms with Gasteiger partial charge in [-0.25, -0.2) is 0 Å². The maximum atomic E-state index is 11.6. The van der Waals surface area contributed by atoms with Crippen LogP contribution in [0, 0.1) is 0 Å². The molecule has 0 amide bonds. The Morgan fingerprint density at radius 1 is 1.00 bits per heavy atom. The van der Waals surface area contributed by atoms with Gasteiger partial charge in [0.05, 0.1) is 16.3 Å². The summed E-state index contributed by atoms with van der Waals surface area (Å²) in [7, 11) is 0. The summed E-state index contributed by atoms with van der Waals surface area (Å²) in [6.07, 6.45) is 1.71. The number of para-hydroxylation sites is 1. The number of hydrogen-bond acceptors (Lipinski definition) is 5. The Kier molecular flexibility index (Phi) is 5.79. The average molecular weight is 375 g/mol. The molecule has 1 aliphatic rings. The monoisotopic (exact) mass is 374 g/mol. The predicted octanol–water partition coefficient (Wildman–Crippen LogP) is 4.37. The van der Waals surface area contributed by atoms with E-state index in [1.807, 2.05) is 36.4 Å². The van der Waals surface area contributed by atoms with Crippen LogP contribution >= 0.6 is 23.4 Å². The molecular formula is C19H15ClO4S. The van der Waals surface area contributed by atoms with E-state index in [4.69, 9.17) is 21.1 Å². The number of ether oxygens (including phenoxy) is 2. The van der Waals surface area contributed by atoms with E-state index in [1.165, 1.54) is 0 Å². The largest absolute Gasteiger partial charge is 0.490 e. The van der Waals surface area contributed by atoms with Crippen molar-refractivity contribution in [1.29, 1.82) is 0 Å². The molecular weight excluding hydrogens is 360 g/mol. The zero-order valence-electron chi connectivity index (χ0n) is 13.2. The van der Waals surface area contributed by atoms with Crippen molar-refractivity contribution in [2.75, 3.05) is 13.2 Å². The quantitative estimate of drug-likeness (QED) is 0.427. The van der Waals surface area contributed by atoms with Gasteiger partial charge in [-0.3, -0.25) is 9.59 Å². The smallest absolute Gasteiger partial charge is 0.201 e. The van der Waals surface area contributed by atoms with Crippen molar-refractivity contribution >= 4 is 40.3 Å². The molecule has 0 unspecified atom stereocenters. The summed E-state index contributed by atoms with van der Waals surface area (Å²) in [5.41, 5.74) is 0.852. The van der Waals surface area contributed by atoms with Crippen molar-refractivity contribution in [3.63, 3.8) is 0 Å². The highest BCUT2D eigenvalue weighted by molar-refractivity contribution is 8.18. The molecule has 0 aromatic heterocycles. The second-order valence-electron chi connectivity index (χ2n) is 5.28. The summed E-state index contributed by atoms with van der Waals surface area (Å²) < 4.78 is 11.2. The van der Waals surface area contributed by atoms with Gasteiger partial charge in [-0.05, 0) is 47.7 Å². The molecule has 3 rings (SSSR count). The Hall–Kier alpha value is -2.24. The minimum Gasteiger partial charge on any atom is -0.490 e. The predicted molar refractivity (Wildman–Crippen MR) is 99.1 cm³/mol. The van der Waals surface area contributed by atoms with Gasteiger partial charge in [-0.1, -0.05) is 35.9 Å². The van der Waals surface area contributed by atoms with Crippen LogP contribution in [0.3, 0.4) is 0 Å². The average Bonchev–Trinajstić information content (AvgIpc) is 2.92. The van der Waals surface area contributed by atoms with Gasteiger partial charge in [0.1, 0.15) is 24.7 Å². The fourth-order valence-corrected chi connectivity index (χ4v) is 3.25. The van der Waals surface area contributed by atoms with Crippen molar-refractivity contribution < 1.29 is 19.1 Å². The molecule has 128 valence electrons. The number of allylic oxidation sites excluding steroid dienone is 1. The Morgan fingerprint density at radius 2 is 1.72 bits per heavy atom. The van der Waals surface area contributed by atoms with Gasteiger partial charge < -0.3 is 9.47 Å². The second-order valence-corrected chi connectivity index (χ2v) is 6.79. The van der Waals surface area contributed by atoms with E-state index in [0.717, 1.165) is 17.3 Å². The number of carbonyl (C=O) groups is 2. The molecule has 1 fully saturated rings. The summed E-state index contributed by atoms with van der Waals surface area (Å²) in [6, 6.07) is 14.6. The molecule has 0 bridgehead atoms. The maximum Gasteiger partial charge on any atom is 0.201 e. The standard InChI is InChI=1S/C19H15ClO4S/c20-15-3-1-2-4-17(15)24-10-9-23-14-7-5-13(6-8-14)11-18-16(21)12-19(22)25-18/h1-8,11H,9-10,12H2/b18-11+. The van der Waals surface area contributed by atoms with E-state index in [2.05, 4.69) is 0 Å². The molecule has 0 radical (unpaired) electrons. The highest BCUT2D eigenvalue weighted by atomic mass is 35.5. The van der Waals surface area contributed by atoms with Gasteiger partial charge >= 0.3 is 0 Å². The van der Waals surface area contributed by atoms with Crippen LogP contribution in [-0.4, -0.2) is 24.1 Å². The maximum absolute atomic E-state index is 11.6. The summed E-state index contributed by atoms with van der Waals surface area (Å²) >= 11 is 7.01. The summed E-state index contributed by atoms with van der Waals surface area (Å²) in [6.45, 7) is 0.761. The number of ketones is 1. The van der Waals surface area contributed by atoms with Gasteiger partial charge in [-0.2, -0.15) is 0 Å². The minimum absolute atomic E-state index is 0.0108. The third-order valence-corrected chi connectivity index (χ3v) is 4.68. The first kappa shape index (κ1) is 17.6. The lowest BCUT2D eigenvalue weighted by Crippen LogP contribution is -2.09. The number of halogens is 1. The molecule has 25 heavy (non-hydrogen) atoms. The number of rotatable bonds is 6. The molecule has 4 nitrogen and oxygen atoms in total.